The van der Waals surface area contributed by atoms with Gasteiger partial charge in [0.05, 0.1) is 5.60 Å². The van der Waals surface area contributed by atoms with Gasteiger partial charge in [-0.15, -0.1) is 0 Å². The molecule has 1 N–H and O–H groups in total. The second-order valence-electron chi connectivity index (χ2n) is 5.54. The highest BCUT2D eigenvalue weighted by molar-refractivity contribution is 5.46. The highest BCUT2D eigenvalue weighted by atomic mass is 16.3. The maximum Gasteiger partial charge on any atom is 0.0736 e. The number of para-hydroxylation sites is 1. The van der Waals surface area contributed by atoms with Gasteiger partial charge in [0, 0.05) is 37.1 Å². The van der Waals surface area contributed by atoms with E-state index in [9.17, 15) is 5.11 Å². The third-order valence-corrected chi connectivity index (χ3v) is 4.05. The summed E-state index contributed by atoms with van der Waals surface area (Å²) in [6.45, 7) is 1.79. The molecule has 0 saturated carbocycles. The summed E-state index contributed by atoms with van der Waals surface area (Å²) in [4.78, 5) is 6.66. The topological polar surface area (TPSA) is 36.4 Å². The van der Waals surface area contributed by atoms with Gasteiger partial charge in [0.1, 0.15) is 0 Å². The van der Waals surface area contributed by atoms with E-state index in [2.05, 4.69) is 34.1 Å². The zero-order chi connectivity index (χ0) is 13.8. The summed E-state index contributed by atoms with van der Waals surface area (Å²) in [5.74, 6) is 0. The fourth-order valence-electron chi connectivity index (χ4n) is 2.84. The number of piperidine rings is 1. The van der Waals surface area contributed by atoms with E-state index < -0.39 is 5.60 Å². The zero-order valence-electron chi connectivity index (χ0n) is 11.6. The molecule has 1 aromatic carbocycles. The van der Waals surface area contributed by atoms with E-state index in [1.807, 2.05) is 24.3 Å². The van der Waals surface area contributed by atoms with Crippen molar-refractivity contribution >= 4 is 5.69 Å². The van der Waals surface area contributed by atoms with Crippen LogP contribution in [-0.4, -0.2) is 28.8 Å². The van der Waals surface area contributed by atoms with Gasteiger partial charge in [-0.25, -0.2) is 0 Å². The Balaban J connectivity index is 1.63. The molecule has 0 amide bonds. The highest BCUT2D eigenvalue weighted by Crippen LogP contribution is 2.28. The van der Waals surface area contributed by atoms with Gasteiger partial charge in [-0.3, -0.25) is 4.98 Å². The largest absolute Gasteiger partial charge is 0.389 e. The van der Waals surface area contributed by atoms with Gasteiger partial charge in [-0.1, -0.05) is 24.3 Å². The quantitative estimate of drug-likeness (QED) is 0.929. The van der Waals surface area contributed by atoms with Crippen molar-refractivity contribution in [3.8, 4) is 0 Å². The van der Waals surface area contributed by atoms with E-state index in [-0.39, 0.29) is 0 Å². The Bertz CT molecular complexity index is 533. The Morgan fingerprint density at radius 2 is 1.70 bits per heavy atom. The number of nitrogens with zero attached hydrogens (tertiary/aromatic N) is 2. The first kappa shape index (κ1) is 13.1. The van der Waals surface area contributed by atoms with Crippen LogP contribution in [0.4, 0.5) is 5.69 Å². The average Bonchev–Trinajstić information content (AvgIpc) is 2.50. The molecular weight excluding hydrogens is 248 g/mol. The van der Waals surface area contributed by atoms with Crippen molar-refractivity contribution in [1.29, 1.82) is 0 Å². The minimum atomic E-state index is -0.611. The van der Waals surface area contributed by atoms with Crippen molar-refractivity contribution in [2.24, 2.45) is 0 Å². The van der Waals surface area contributed by atoms with Gasteiger partial charge in [-0.2, -0.15) is 0 Å². The second-order valence-corrected chi connectivity index (χ2v) is 5.54. The van der Waals surface area contributed by atoms with E-state index in [0.29, 0.717) is 6.42 Å². The van der Waals surface area contributed by atoms with Gasteiger partial charge in [0.25, 0.3) is 0 Å². The minimum Gasteiger partial charge on any atom is -0.389 e. The molecular formula is C17H20N2O. The molecule has 1 aliphatic rings. The number of anilines is 1. The molecule has 0 spiro atoms. The van der Waals surface area contributed by atoms with Crippen LogP contribution in [0.25, 0.3) is 0 Å². The van der Waals surface area contributed by atoms with Gasteiger partial charge >= 0.3 is 0 Å². The maximum absolute atomic E-state index is 10.7. The van der Waals surface area contributed by atoms with Crippen LogP contribution in [0.5, 0.6) is 0 Å². The van der Waals surface area contributed by atoms with Crippen molar-refractivity contribution in [3.05, 3.63) is 60.4 Å². The Hall–Kier alpha value is -1.87. The summed E-state index contributed by atoms with van der Waals surface area (Å²) in [6, 6.07) is 16.3. The summed E-state index contributed by atoms with van der Waals surface area (Å²) in [5, 5.41) is 10.7. The summed E-state index contributed by atoms with van der Waals surface area (Å²) < 4.78 is 0. The molecule has 0 radical (unpaired) electrons. The van der Waals surface area contributed by atoms with Crippen LogP contribution >= 0.6 is 0 Å². The van der Waals surface area contributed by atoms with Crippen LogP contribution in [0, 0.1) is 0 Å². The lowest BCUT2D eigenvalue weighted by atomic mass is 9.86. The molecule has 1 fully saturated rings. The Kier molecular flexibility index (Phi) is 3.70. The fourth-order valence-corrected chi connectivity index (χ4v) is 2.84. The highest BCUT2D eigenvalue weighted by Gasteiger charge is 2.32. The molecule has 1 aromatic heterocycles. The van der Waals surface area contributed by atoms with Crippen molar-refractivity contribution < 1.29 is 5.11 Å². The number of benzene rings is 1. The molecule has 2 aromatic rings. The molecule has 0 atom stereocenters. The Morgan fingerprint density at radius 3 is 2.35 bits per heavy atom. The van der Waals surface area contributed by atoms with Crippen LogP contribution in [0.15, 0.2) is 54.7 Å². The molecule has 0 unspecified atom stereocenters. The summed E-state index contributed by atoms with van der Waals surface area (Å²) in [7, 11) is 0. The lowest BCUT2D eigenvalue weighted by Gasteiger charge is -2.39. The van der Waals surface area contributed by atoms with Crippen molar-refractivity contribution in [2.45, 2.75) is 24.9 Å². The van der Waals surface area contributed by atoms with E-state index in [0.717, 1.165) is 31.6 Å². The van der Waals surface area contributed by atoms with Crippen molar-refractivity contribution in [2.75, 3.05) is 18.0 Å². The smallest absolute Gasteiger partial charge is 0.0736 e. The van der Waals surface area contributed by atoms with E-state index >= 15 is 0 Å². The number of rotatable bonds is 3. The molecule has 20 heavy (non-hydrogen) atoms. The summed E-state index contributed by atoms with van der Waals surface area (Å²) in [6.07, 6.45) is 4.02. The first-order chi connectivity index (χ1) is 9.75. The van der Waals surface area contributed by atoms with Crippen LogP contribution in [0.1, 0.15) is 18.5 Å². The molecule has 0 aliphatic carbocycles. The SMILES string of the molecule is OC1(Cc2ccccn2)CCN(c2ccccc2)CC1. The first-order valence-corrected chi connectivity index (χ1v) is 7.18. The van der Waals surface area contributed by atoms with Crippen molar-refractivity contribution in [1.82, 2.24) is 4.98 Å². The maximum atomic E-state index is 10.7. The molecule has 3 heteroatoms. The molecule has 3 nitrogen and oxygen atoms in total. The number of hydrogen-bond acceptors (Lipinski definition) is 3. The normalized spacial score (nSPS) is 17.9. The van der Waals surface area contributed by atoms with Crippen LogP contribution in [0.3, 0.4) is 0 Å². The molecule has 2 heterocycles. The van der Waals surface area contributed by atoms with Crippen LogP contribution < -0.4 is 4.90 Å². The Morgan fingerprint density at radius 1 is 1.00 bits per heavy atom. The molecule has 104 valence electrons. The fraction of sp³-hybridized carbons (Fsp3) is 0.353. The zero-order valence-corrected chi connectivity index (χ0v) is 11.6. The number of aliphatic hydroxyl groups is 1. The number of hydrogen-bond donors (Lipinski definition) is 1. The van der Waals surface area contributed by atoms with Crippen LogP contribution in [-0.2, 0) is 6.42 Å². The second kappa shape index (κ2) is 5.63. The lowest BCUT2D eigenvalue weighted by Crippen LogP contribution is -2.45. The van der Waals surface area contributed by atoms with E-state index in [4.69, 9.17) is 0 Å². The van der Waals surface area contributed by atoms with E-state index in [1.54, 1.807) is 6.20 Å². The third kappa shape index (κ3) is 2.99. The number of pyridine rings is 1. The van der Waals surface area contributed by atoms with Gasteiger partial charge in [0.15, 0.2) is 0 Å². The minimum absolute atomic E-state index is 0.611. The summed E-state index contributed by atoms with van der Waals surface area (Å²) >= 11 is 0. The van der Waals surface area contributed by atoms with Gasteiger partial charge in [0.2, 0.25) is 0 Å². The molecule has 0 bridgehead atoms. The summed E-state index contributed by atoms with van der Waals surface area (Å²) in [5.41, 5.74) is 1.61. The van der Waals surface area contributed by atoms with E-state index in [1.165, 1.54) is 5.69 Å². The third-order valence-electron chi connectivity index (χ3n) is 4.05. The van der Waals surface area contributed by atoms with Crippen LogP contribution in [0.2, 0.25) is 0 Å². The molecule has 1 saturated heterocycles. The average molecular weight is 268 g/mol. The van der Waals surface area contributed by atoms with Gasteiger partial charge < -0.3 is 10.0 Å². The van der Waals surface area contributed by atoms with Gasteiger partial charge in [-0.05, 0) is 37.1 Å². The Labute approximate surface area is 119 Å². The lowest BCUT2D eigenvalue weighted by molar-refractivity contribution is 0.0157. The number of aromatic nitrogens is 1. The monoisotopic (exact) mass is 268 g/mol. The standard InChI is InChI=1S/C17H20N2O/c20-17(14-15-6-4-5-11-18-15)9-12-19(13-10-17)16-7-2-1-3-8-16/h1-8,11,20H,9-10,12-14H2. The first-order valence-electron chi connectivity index (χ1n) is 7.18. The van der Waals surface area contributed by atoms with Crippen molar-refractivity contribution in [3.63, 3.8) is 0 Å². The predicted molar refractivity (Wildman–Crippen MR) is 80.8 cm³/mol. The predicted octanol–water partition coefficient (Wildman–Crippen LogP) is 2.66. The molecule has 3 rings (SSSR count). The molecule has 1 aliphatic heterocycles.